The molecule has 2 heterocycles. The van der Waals surface area contributed by atoms with Crippen LogP contribution in [0.25, 0.3) is 27.7 Å². The number of nitrogens with one attached hydrogen (secondary N) is 1. The summed E-state index contributed by atoms with van der Waals surface area (Å²) in [4.78, 5) is 16.3. The first-order chi connectivity index (χ1) is 13.1. The van der Waals surface area contributed by atoms with E-state index in [-0.39, 0.29) is 0 Å². The number of nitrogens with zero attached hydrogens (tertiary/aromatic N) is 3. The molecule has 0 aliphatic heterocycles. The maximum absolute atomic E-state index is 11.5. The van der Waals surface area contributed by atoms with Crippen LogP contribution in [0.5, 0.6) is 0 Å². The number of hydrogen-bond acceptors (Lipinski definition) is 4. The largest absolute Gasteiger partial charge is 0.453 e. The van der Waals surface area contributed by atoms with Gasteiger partial charge in [-0.1, -0.05) is 30.3 Å². The summed E-state index contributed by atoms with van der Waals surface area (Å²) in [6, 6.07) is 17.6. The van der Waals surface area contributed by atoms with Crippen molar-refractivity contribution >= 4 is 28.2 Å². The van der Waals surface area contributed by atoms with Gasteiger partial charge in [0.15, 0.2) is 5.69 Å². The third-order valence-corrected chi connectivity index (χ3v) is 4.55. The van der Waals surface area contributed by atoms with Gasteiger partial charge in [0.2, 0.25) is 0 Å². The molecule has 2 aromatic carbocycles. The Labute approximate surface area is 155 Å². The lowest BCUT2D eigenvalue weighted by molar-refractivity contribution is 0.187. The Balaban J connectivity index is 1.99. The number of benzene rings is 2. The van der Waals surface area contributed by atoms with E-state index in [1.807, 2.05) is 55.6 Å². The lowest BCUT2D eigenvalue weighted by atomic mass is 10.0. The normalized spacial score (nSPS) is 10.7. The number of fused-ring (bicyclic) bond motifs is 3. The van der Waals surface area contributed by atoms with Gasteiger partial charge < -0.3 is 4.74 Å². The molecule has 0 aliphatic rings. The molecule has 27 heavy (non-hydrogen) atoms. The van der Waals surface area contributed by atoms with Crippen molar-refractivity contribution in [3.05, 3.63) is 66.0 Å². The van der Waals surface area contributed by atoms with Crippen molar-refractivity contribution in [2.75, 3.05) is 12.4 Å². The minimum atomic E-state index is -0.539. The van der Waals surface area contributed by atoms with Crippen molar-refractivity contribution in [2.24, 2.45) is 0 Å². The number of carbonyl (C=O) groups excluding carboxylic acids is 1. The number of aryl methyl sites for hydroxylation is 1. The van der Waals surface area contributed by atoms with Crippen LogP contribution in [0, 0.1) is 18.3 Å². The van der Waals surface area contributed by atoms with Crippen molar-refractivity contribution in [3.8, 4) is 17.3 Å². The van der Waals surface area contributed by atoms with Gasteiger partial charge in [-0.3, -0.25) is 9.72 Å². The zero-order chi connectivity index (χ0) is 19.0. The standard InChI is InChI=1S/C21H16N4O2/c1-13-5-3-4-6-16(13)19-18(12-22)25-10-9-14-7-8-15(23-21(26)27-2)11-17(14)20(25)24-19/h3-11H,1-2H3,(H,23,26). The van der Waals surface area contributed by atoms with E-state index in [0.717, 1.165) is 21.9 Å². The van der Waals surface area contributed by atoms with E-state index in [4.69, 9.17) is 4.98 Å². The van der Waals surface area contributed by atoms with Crippen molar-refractivity contribution < 1.29 is 9.53 Å². The lowest BCUT2D eigenvalue weighted by Gasteiger charge is -2.06. The van der Waals surface area contributed by atoms with Crippen LogP contribution in [-0.2, 0) is 4.74 Å². The third kappa shape index (κ3) is 2.75. The van der Waals surface area contributed by atoms with Gasteiger partial charge in [-0.25, -0.2) is 9.78 Å². The van der Waals surface area contributed by atoms with E-state index in [1.54, 1.807) is 10.5 Å². The van der Waals surface area contributed by atoms with Crippen molar-refractivity contribution in [1.82, 2.24) is 9.38 Å². The quantitative estimate of drug-likeness (QED) is 0.573. The van der Waals surface area contributed by atoms with E-state index in [9.17, 15) is 10.1 Å². The third-order valence-electron chi connectivity index (χ3n) is 4.55. The summed E-state index contributed by atoms with van der Waals surface area (Å²) >= 11 is 0. The molecule has 0 aliphatic carbocycles. The summed E-state index contributed by atoms with van der Waals surface area (Å²) in [5.74, 6) is 0. The van der Waals surface area contributed by atoms with Gasteiger partial charge in [0, 0.05) is 22.8 Å². The Hall–Kier alpha value is -3.85. The maximum Gasteiger partial charge on any atom is 0.411 e. The topological polar surface area (TPSA) is 79.4 Å². The number of hydrogen-bond donors (Lipinski definition) is 1. The number of aromatic nitrogens is 2. The second kappa shape index (κ2) is 6.46. The number of imidazole rings is 1. The Morgan fingerprint density at radius 2 is 2.04 bits per heavy atom. The van der Waals surface area contributed by atoms with E-state index in [1.165, 1.54) is 7.11 Å². The lowest BCUT2D eigenvalue weighted by Crippen LogP contribution is -2.10. The number of anilines is 1. The molecular weight excluding hydrogens is 340 g/mol. The van der Waals surface area contributed by atoms with E-state index < -0.39 is 6.09 Å². The molecule has 4 rings (SSSR count). The van der Waals surface area contributed by atoms with E-state index in [2.05, 4.69) is 16.1 Å². The van der Waals surface area contributed by atoms with Crippen LogP contribution in [-0.4, -0.2) is 22.6 Å². The molecule has 0 fully saturated rings. The van der Waals surface area contributed by atoms with Crippen LogP contribution < -0.4 is 5.32 Å². The van der Waals surface area contributed by atoms with Crippen molar-refractivity contribution in [3.63, 3.8) is 0 Å². The fraction of sp³-hybridized carbons (Fsp3) is 0.0952. The van der Waals surface area contributed by atoms with Gasteiger partial charge in [-0.15, -0.1) is 0 Å². The second-order valence-electron chi connectivity index (χ2n) is 6.16. The fourth-order valence-electron chi connectivity index (χ4n) is 3.20. The summed E-state index contributed by atoms with van der Waals surface area (Å²) in [5.41, 5.74) is 4.36. The van der Waals surface area contributed by atoms with Crippen molar-refractivity contribution in [1.29, 1.82) is 5.26 Å². The summed E-state index contributed by atoms with van der Waals surface area (Å²) in [6.45, 7) is 2.00. The highest BCUT2D eigenvalue weighted by atomic mass is 16.5. The van der Waals surface area contributed by atoms with E-state index in [0.29, 0.717) is 22.7 Å². The van der Waals surface area contributed by atoms with Gasteiger partial charge in [0.25, 0.3) is 0 Å². The molecule has 0 unspecified atom stereocenters. The van der Waals surface area contributed by atoms with E-state index >= 15 is 0 Å². The molecule has 6 nitrogen and oxygen atoms in total. The molecule has 0 spiro atoms. The van der Waals surface area contributed by atoms with Gasteiger partial charge >= 0.3 is 6.09 Å². The molecule has 132 valence electrons. The summed E-state index contributed by atoms with van der Waals surface area (Å²) < 4.78 is 6.44. The summed E-state index contributed by atoms with van der Waals surface area (Å²) in [6.07, 6.45) is 1.31. The molecule has 0 bridgehead atoms. The first-order valence-corrected chi connectivity index (χ1v) is 8.38. The number of nitriles is 1. The molecular formula is C21H16N4O2. The number of pyridine rings is 1. The molecule has 0 atom stereocenters. The van der Waals surface area contributed by atoms with Crippen LogP contribution >= 0.6 is 0 Å². The van der Waals surface area contributed by atoms with Crippen molar-refractivity contribution in [2.45, 2.75) is 6.92 Å². The fourth-order valence-corrected chi connectivity index (χ4v) is 3.20. The predicted octanol–water partition coefficient (Wildman–Crippen LogP) is 4.51. The Morgan fingerprint density at radius 3 is 2.78 bits per heavy atom. The van der Waals surface area contributed by atoms with Crippen LogP contribution in [0.4, 0.5) is 10.5 Å². The monoisotopic (exact) mass is 356 g/mol. The SMILES string of the molecule is COC(=O)Nc1ccc2ccn3c(C#N)c(-c4ccccc4C)nc3c2c1. The van der Waals surface area contributed by atoms with Gasteiger partial charge in [0.05, 0.1) is 7.11 Å². The summed E-state index contributed by atoms with van der Waals surface area (Å²) in [7, 11) is 1.32. The first kappa shape index (κ1) is 16.6. The number of amides is 1. The molecule has 0 saturated heterocycles. The smallest absolute Gasteiger partial charge is 0.411 e. The first-order valence-electron chi connectivity index (χ1n) is 8.38. The Morgan fingerprint density at radius 1 is 1.22 bits per heavy atom. The zero-order valence-corrected chi connectivity index (χ0v) is 14.9. The Bertz CT molecular complexity index is 1230. The van der Waals surface area contributed by atoms with Crippen LogP contribution in [0.3, 0.4) is 0 Å². The van der Waals surface area contributed by atoms with Crippen LogP contribution in [0.15, 0.2) is 54.7 Å². The van der Waals surface area contributed by atoms with Gasteiger partial charge in [0.1, 0.15) is 17.4 Å². The van der Waals surface area contributed by atoms with Crippen LogP contribution in [0.2, 0.25) is 0 Å². The molecule has 0 radical (unpaired) electrons. The highest BCUT2D eigenvalue weighted by Crippen LogP contribution is 2.30. The number of ether oxygens (including phenoxy) is 1. The highest BCUT2D eigenvalue weighted by Gasteiger charge is 2.17. The minimum absolute atomic E-state index is 0.479. The number of rotatable bonds is 2. The summed E-state index contributed by atoms with van der Waals surface area (Å²) in [5, 5.41) is 14.2. The average molecular weight is 356 g/mol. The minimum Gasteiger partial charge on any atom is -0.453 e. The molecule has 4 aromatic rings. The Kier molecular flexibility index (Phi) is 3.98. The predicted molar refractivity (Wildman–Crippen MR) is 104 cm³/mol. The second-order valence-corrected chi connectivity index (χ2v) is 6.16. The van der Waals surface area contributed by atoms with Gasteiger partial charge in [-0.05, 0) is 36.1 Å². The average Bonchev–Trinajstić information content (AvgIpc) is 3.07. The number of carbonyl (C=O) groups is 1. The highest BCUT2D eigenvalue weighted by molar-refractivity contribution is 5.99. The zero-order valence-electron chi connectivity index (χ0n) is 14.9. The molecule has 0 saturated carbocycles. The maximum atomic E-state index is 11.5. The molecule has 1 amide bonds. The molecule has 2 aromatic heterocycles. The van der Waals surface area contributed by atoms with Crippen LogP contribution in [0.1, 0.15) is 11.3 Å². The number of methoxy groups -OCH3 is 1. The molecule has 1 N–H and O–H groups in total. The molecule has 6 heteroatoms. The van der Waals surface area contributed by atoms with Gasteiger partial charge in [-0.2, -0.15) is 5.26 Å².